The van der Waals surface area contributed by atoms with Gasteiger partial charge in [0.25, 0.3) is 0 Å². The number of aliphatic hydroxyl groups excluding tert-OH is 1. The summed E-state index contributed by atoms with van der Waals surface area (Å²) < 4.78 is 6.51. The van der Waals surface area contributed by atoms with Gasteiger partial charge in [-0.2, -0.15) is 11.8 Å². The molecule has 0 spiro atoms. The highest BCUT2D eigenvalue weighted by molar-refractivity contribution is 9.10. The van der Waals surface area contributed by atoms with E-state index < -0.39 is 6.10 Å². The number of hydrogen-bond donors (Lipinski definition) is 2. The Bertz CT molecular complexity index is 415. The number of ether oxygens (including phenoxy) is 1. The molecule has 1 atom stereocenters. The maximum Gasteiger partial charge on any atom is 0.133 e. The standard InChI is InChI=1S/C15H22BrNO2S/c1-3-7-20-8-6-17-10-13(18)11-19-15-5-4-12(2)9-14(15)16/h3-5,9,13,17-18H,1,6-8,10-11H2,2H3. The Morgan fingerprint density at radius 1 is 1.55 bits per heavy atom. The maximum absolute atomic E-state index is 9.83. The highest BCUT2D eigenvalue weighted by Gasteiger charge is 2.07. The topological polar surface area (TPSA) is 41.5 Å². The number of rotatable bonds is 10. The van der Waals surface area contributed by atoms with Crippen LogP contribution in [0.1, 0.15) is 5.56 Å². The molecule has 5 heteroatoms. The zero-order chi connectivity index (χ0) is 14.8. The molecule has 1 unspecified atom stereocenters. The highest BCUT2D eigenvalue weighted by Crippen LogP contribution is 2.25. The molecule has 0 saturated heterocycles. The molecule has 1 aromatic carbocycles. The molecule has 2 N–H and O–H groups in total. The quantitative estimate of drug-likeness (QED) is 0.497. The van der Waals surface area contributed by atoms with Crippen molar-refractivity contribution in [3.8, 4) is 5.75 Å². The van der Waals surface area contributed by atoms with Crippen LogP contribution in [0.25, 0.3) is 0 Å². The molecule has 1 aromatic rings. The molecule has 0 radical (unpaired) electrons. The van der Waals surface area contributed by atoms with Crippen molar-refractivity contribution in [1.29, 1.82) is 0 Å². The van der Waals surface area contributed by atoms with Gasteiger partial charge in [0.1, 0.15) is 18.5 Å². The Morgan fingerprint density at radius 3 is 3.05 bits per heavy atom. The predicted octanol–water partition coefficient (Wildman–Crippen LogP) is 3.01. The summed E-state index contributed by atoms with van der Waals surface area (Å²) in [7, 11) is 0. The average Bonchev–Trinajstić information content (AvgIpc) is 2.41. The second-order valence-corrected chi connectivity index (χ2v) is 6.47. The van der Waals surface area contributed by atoms with E-state index in [-0.39, 0.29) is 6.61 Å². The second kappa shape index (κ2) is 10.3. The van der Waals surface area contributed by atoms with E-state index in [1.54, 1.807) is 0 Å². The van der Waals surface area contributed by atoms with Crippen LogP contribution in [0, 0.1) is 6.92 Å². The zero-order valence-electron chi connectivity index (χ0n) is 11.8. The molecule has 0 aliphatic heterocycles. The van der Waals surface area contributed by atoms with Crippen LogP contribution in [0.15, 0.2) is 35.3 Å². The lowest BCUT2D eigenvalue weighted by Gasteiger charge is -2.14. The van der Waals surface area contributed by atoms with Crippen molar-refractivity contribution in [2.24, 2.45) is 0 Å². The second-order valence-electron chi connectivity index (χ2n) is 4.47. The molecular weight excluding hydrogens is 338 g/mol. The smallest absolute Gasteiger partial charge is 0.133 e. The summed E-state index contributed by atoms with van der Waals surface area (Å²) >= 11 is 5.27. The predicted molar refractivity (Wildman–Crippen MR) is 90.8 cm³/mol. The van der Waals surface area contributed by atoms with Crippen LogP contribution in [0.4, 0.5) is 0 Å². The van der Waals surface area contributed by atoms with Gasteiger partial charge >= 0.3 is 0 Å². The first-order valence-electron chi connectivity index (χ1n) is 6.60. The Kier molecular flexibility index (Phi) is 9.02. The van der Waals surface area contributed by atoms with Gasteiger partial charge in [0.2, 0.25) is 0 Å². The number of nitrogens with one attached hydrogen (secondary N) is 1. The van der Waals surface area contributed by atoms with Crippen molar-refractivity contribution in [3.05, 3.63) is 40.9 Å². The van der Waals surface area contributed by atoms with Gasteiger partial charge in [-0.3, -0.25) is 0 Å². The molecule has 0 bridgehead atoms. The van der Waals surface area contributed by atoms with E-state index in [9.17, 15) is 5.11 Å². The van der Waals surface area contributed by atoms with Crippen molar-refractivity contribution in [2.75, 3.05) is 31.2 Å². The van der Waals surface area contributed by atoms with E-state index in [1.807, 2.05) is 43.0 Å². The van der Waals surface area contributed by atoms with Crippen LogP contribution >= 0.6 is 27.7 Å². The van der Waals surface area contributed by atoms with Crippen molar-refractivity contribution in [1.82, 2.24) is 5.32 Å². The van der Waals surface area contributed by atoms with Gasteiger partial charge in [0, 0.05) is 24.6 Å². The molecule has 112 valence electrons. The van der Waals surface area contributed by atoms with Crippen LogP contribution < -0.4 is 10.1 Å². The molecule has 0 aromatic heterocycles. The minimum atomic E-state index is -0.507. The maximum atomic E-state index is 9.83. The fraction of sp³-hybridized carbons (Fsp3) is 0.467. The van der Waals surface area contributed by atoms with Gasteiger partial charge in [-0.1, -0.05) is 12.1 Å². The van der Waals surface area contributed by atoms with Crippen molar-refractivity contribution < 1.29 is 9.84 Å². The average molecular weight is 360 g/mol. The fourth-order valence-corrected chi connectivity index (χ4v) is 2.78. The number of aliphatic hydroxyl groups is 1. The minimum absolute atomic E-state index is 0.286. The Hall–Kier alpha value is -0.490. The normalized spacial score (nSPS) is 12.2. The number of hydrogen-bond acceptors (Lipinski definition) is 4. The molecule has 0 fully saturated rings. The summed E-state index contributed by atoms with van der Waals surface area (Å²) in [5, 5.41) is 13.0. The summed E-state index contributed by atoms with van der Waals surface area (Å²) in [5.41, 5.74) is 1.17. The van der Waals surface area contributed by atoms with Gasteiger partial charge < -0.3 is 15.2 Å². The first kappa shape index (κ1) is 17.6. The Morgan fingerprint density at radius 2 is 2.35 bits per heavy atom. The van der Waals surface area contributed by atoms with Gasteiger partial charge in [0.15, 0.2) is 0 Å². The third kappa shape index (κ3) is 7.33. The molecule has 0 saturated carbocycles. The summed E-state index contributed by atoms with van der Waals surface area (Å²) in [6.45, 7) is 7.40. The van der Waals surface area contributed by atoms with Crippen LogP contribution in [-0.2, 0) is 0 Å². The zero-order valence-corrected chi connectivity index (χ0v) is 14.2. The Balaban J connectivity index is 2.16. The van der Waals surface area contributed by atoms with Crippen LogP contribution in [-0.4, -0.2) is 42.4 Å². The van der Waals surface area contributed by atoms with Gasteiger partial charge in [-0.15, -0.1) is 6.58 Å². The SMILES string of the molecule is C=CCSCCNCC(O)COc1ccc(C)cc1Br. The molecule has 0 amide bonds. The fourth-order valence-electron chi connectivity index (χ4n) is 1.55. The van der Waals surface area contributed by atoms with E-state index in [2.05, 4.69) is 27.8 Å². The third-order valence-electron chi connectivity index (χ3n) is 2.56. The summed E-state index contributed by atoms with van der Waals surface area (Å²) in [4.78, 5) is 0. The number of thioether (sulfide) groups is 1. The molecule has 20 heavy (non-hydrogen) atoms. The van der Waals surface area contributed by atoms with Gasteiger partial charge in [-0.25, -0.2) is 0 Å². The van der Waals surface area contributed by atoms with E-state index in [0.717, 1.165) is 28.3 Å². The number of halogens is 1. The van der Waals surface area contributed by atoms with Crippen LogP contribution in [0.2, 0.25) is 0 Å². The first-order valence-corrected chi connectivity index (χ1v) is 8.54. The third-order valence-corrected chi connectivity index (χ3v) is 4.14. The molecule has 0 heterocycles. The molecular formula is C15H22BrNO2S. The molecule has 0 aliphatic carbocycles. The number of aryl methyl sites for hydroxylation is 1. The first-order chi connectivity index (χ1) is 9.63. The monoisotopic (exact) mass is 359 g/mol. The lowest BCUT2D eigenvalue weighted by molar-refractivity contribution is 0.106. The van der Waals surface area contributed by atoms with E-state index in [0.29, 0.717) is 6.54 Å². The largest absolute Gasteiger partial charge is 0.490 e. The Labute approximate surface area is 133 Å². The van der Waals surface area contributed by atoms with Crippen LogP contribution in [0.3, 0.4) is 0 Å². The van der Waals surface area contributed by atoms with Crippen molar-refractivity contribution in [3.63, 3.8) is 0 Å². The molecule has 0 aliphatic rings. The lowest BCUT2D eigenvalue weighted by atomic mass is 10.2. The van der Waals surface area contributed by atoms with Crippen LogP contribution in [0.5, 0.6) is 5.75 Å². The highest BCUT2D eigenvalue weighted by atomic mass is 79.9. The summed E-state index contributed by atoms with van der Waals surface area (Å²) in [6, 6.07) is 5.89. The molecule has 3 nitrogen and oxygen atoms in total. The van der Waals surface area contributed by atoms with E-state index in [4.69, 9.17) is 4.74 Å². The summed E-state index contributed by atoms with van der Waals surface area (Å²) in [5.74, 6) is 2.74. The van der Waals surface area contributed by atoms with E-state index in [1.165, 1.54) is 5.56 Å². The van der Waals surface area contributed by atoms with Crippen molar-refractivity contribution >= 4 is 27.7 Å². The van der Waals surface area contributed by atoms with Crippen molar-refractivity contribution in [2.45, 2.75) is 13.0 Å². The summed E-state index contributed by atoms with van der Waals surface area (Å²) in [6.07, 6.45) is 1.39. The van der Waals surface area contributed by atoms with E-state index >= 15 is 0 Å². The van der Waals surface area contributed by atoms with Gasteiger partial charge in [-0.05, 0) is 40.5 Å². The lowest BCUT2D eigenvalue weighted by Crippen LogP contribution is -2.32. The van der Waals surface area contributed by atoms with Gasteiger partial charge in [0.05, 0.1) is 4.47 Å². The number of benzene rings is 1. The minimum Gasteiger partial charge on any atom is -0.490 e. The molecule has 1 rings (SSSR count).